The number of nitrogens with zero attached hydrogens (tertiary/aromatic N) is 2. The van der Waals surface area contributed by atoms with E-state index >= 15 is 0 Å². The van der Waals surface area contributed by atoms with Crippen LogP contribution in [0.25, 0.3) is 0 Å². The van der Waals surface area contributed by atoms with Crippen LogP contribution in [0.2, 0.25) is 5.02 Å². The molecule has 0 amide bonds. The molecule has 17 heavy (non-hydrogen) atoms. The second kappa shape index (κ2) is 5.15. The Kier molecular flexibility index (Phi) is 3.59. The first kappa shape index (κ1) is 11.9. The van der Waals surface area contributed by atoms with Gasteiger partial charge >= 0.3 is 0 Å². The first-order valence-electron chi connectivity index (χ1n) is 5.44. The van der Waals surface area contributed by atoms with Crippen LogP contribution in [-0.4, -0.2) is 9.97 Å². The minimum atomic E-state index is 0.729. The molecule has 0 unspecified atom stereocenters. The standard InChI is InChI=1S/C13H14ClN3/c1-9-7-13(17-10(2)16-9)15-8-11-3-5-12(14)6-4-11/h3-7H,8H2,1-2H3,(H,15,16,17). The summed E-state index contributed by atoms with van der Waals surface area (Å²) in [6.07, 6.45) is 0. The van der Waals surface area contributed by atoms with Crippen molar-refractivity contribution in [2.24, 2.45) is 0 Å². The van der Waals surface area contributed by atoms with E-state index in [1.165, 1.54) is 5.56 Å². The number of benzene rings is 1. The first-order valence-corrected chi connectivity index (χ1v) is 5.82. The van der Waals surface area contributed by atoms with Crippen LogP contribution in [0.15, 0.2) is 30.3 Å². The Labute approximate surface area is 106 Å². The Balaban J connectivity index is 2.04. The Bertz CT molecular complexity index is 488. The molecule has 1 aromatic carbocycles. The zero-order valence-electron chi connectivity index (χ0n) is 9.87. The minimum absolute atomic E-state index is 0.729. The molecule has 0 aliphatic carbocycles. The summed E-state index contributed by atoms with van der Waals surface area (Å²) >= 11 is 5.83. The molecule has 1 N–H and O–H groups in total. The maximum Gasteiger partial charge on any atom is 0.130 e. The van der Waals surface area contributed by atoms with Gasteiger partial charge in [-0.2, -0.15) is 0 Å². The molecule has 1 heterocycles. The van der Waals surface area contributed by atoms with E-state index in [9.17, 15) is 0 Å². The summed E-state index contributed by atoms with van der Waals surface area (Å²) in [5, 5.41) is 4.02. The number of hydrogen-bond acceptors (Lipinski definition) is 3. The SMILES string of the molecule is Cc1cc(NCc2ccc(Cl)cc2)nc(C)n1. The summed E-state index contributed by atoms with van der Waals surface area (Å²) in [6.45, 7) is 4.58. The van der Waals surface area contributed by atoms with Crippen LogP contribution >= 0.6 is 11.6 Å². The molecule has 88 valence electrons. The van der Waals surface area contributed by atoms with E-state index in [4.69, 9.17) is 11.6 Å². The van der Waals surface area contributed by atoms with Crippen LogP contribution in [0.3, 0.4) is 0 Å². The van der Waals surface area contributed by atoms with Crippen molar-refractivity contribution in [3.05, 3.63) is 52.4 Å². The third kappa shape index (κ3) is 3.43. The molecule has 2 aromatic rings. The third-order valence-corrected chi connectivity index (χ3v) is 2.60. The van der Waals surface area contributed by atoms with E-state index in [1.54, 1.807) is 0 Å². The van der Waals surface area contributed by atoms with Crippen molar-refractivity contribution in [2.75, 3.05) is 5.32 Å². The van der Waals surface area contributed by atoms with E-state index in [0.29, 0.717) is 0 Å². The fourth-order valence-corrected chi connectivity index (χ4v) is 1.73. The van der Waals surface area contributed by atoms with Crippen LogP contribution in [0.5, 0.6) is 0 Å². The Hall–Kier alpha value is -1.61. The molecule has 1 aromatic heterocycles. The number of halogens is 1. The molecular formula is C13H14ClN3. The van der Waals surface area contributed by atoms with E-state index in [2.05, 4.69) is 15.3 Å². The average Bonchev–Trinajstić information content (AvgIpc) is 2.27. The van der Waals surface area contributed by atoms with Gasteiger partial charge in [0.25, 0.3) is 0 Å². The monoisotopic (exact) mass is 247 g/mol. The molecule has 2 rings (SSSR count). The summed E-state index contributed by atoms with van der Waals surface area (Å²) in [6, 6.07) is 9.69. The van der Waals surface area contributed by atoms with E-state index in [1.807, 2.05) is 44.2 Å². The largest absolute Gasteiger partial charge is 0.366 e. The summed E-state index contributed by atoms with van der Waals surface area (Å²) in [5.74, 6) is 1.63. The van der Waals surface area contributed by atoms with Crippen molar-refractivity contribution >= 4 is 17.4 Å². The average molecular weight is 248 g/mol. The van der Waals surface area contributed by atoms with Crippen LogP contribution < -0.4 is 5.32 Å². The molecule has 0 radical (unpaired) electrons. The number of nitrogens with one attached hydrogen (secondary N) is 1. The van der Waals surface area contributed by atoms with Gasteiger partial charge in [0.15, 0.2) is 0 Å². The molecule has 0 saturated heterocycles. The lowest BCUT2D eigenvalue weighted by molar-refractivity contribution is 0.992. The summed E-state index contributed by atoms with van der Waals surface area (Å²) in [5.41, 5.74) is 2.14. The molecule has 0 atom stereocenters. The maximum atomic E-state index is 5.83. The minimum Gasteiger partial charge on any atom is -0.366 e. The van der Waals surface area contributed by atoms with Gasteiger partial charge in [-0.3, -0.25) is 0 Å². The first-order chi connectivity index (χ1) is 8.13. The van der Waals surface area contributed by atoms with E-state index in [0.717, 1.165) is 28.9 Å². The highest BCUT2D eigenvalue weighted by molar-refractivity contribution is 6.30. The predicted octanol–water partition coefficient (Wildman–Crippen LogP) is 3.36. The predicted molar refractivity (Wildman–Crippen MR) is 70.3 cm³/mol. The summed E-state index contributed by atoms with van der Waals surface area (Å²) in [4.78, 5) is 8.55. The zero-order valence-corrected chi connectivity index (χ0v) is 10.6. The van der Waals surface area contributed by atoms with Gasteiger partial charge in [-0.15, -0.1) is 0 Å². The molecule has 0 fully saturated rings. The van der Waals surface area contributed by atoms with E-state index < -0.39 is 0 Å². The van der Waals surface area contributed by atoms with Gasteiger partial charge in [0.05, 0.1) is 0 Å². The van der Waals surface area contributed by atoms with Gasteiger partial charge in [0.2, 0.25) is 0 Å². The Morgan fingerprint density at radius 3 is 2.47 bits per heavy atom. The molecule has 0 spiro atoms. The normalized spacial score (nSPS) is 10.3. The van der Waals surface area contributed by atoms with Crippen molar-refractivity contribution in [3.63, 3.8) is 0 Å². The highest BCUT2D eigenvalue weighted by Gasteiger charge is 1.98. The van der Waals surface area contributed by atoms with Crippen LogP contribution in [0.1, 0.15) is 17.1 Å². The quantitative estimate of drug-likeness (QED) is 0.904. The molecular weight excluding hydrogens is 234 g/mol. The zero-order chi connectivity index (χ0) is 12.3. The molecule has 0 saturated carbocycles. The van der Waals surface area contributed by atoms with Crippen LogP contribution in [-0.2, 0) is 6.54 Å². The molecule has 0 bridgehead atoms. The van der Waals surface area contributed by atoms with Crippen molar-refractivity contribution in [1.29, 1.82) is 0 Å². The molecule has 4 heteroatoms. The summed E-state index contributed by atoms with van der Waals surface area (Å²) < 4.78 is 0. The topological polar surface area (TPSA) is 37.8 Å². The van der Waals surface area contributed by atoms with Gasteiger partial charge in [-0.05, 0) is 31.5 Å². The fraction of sp³-hybridized carbons (Fsp3) is 0.231. The lowest BCUT2D eigenvalue weighted by Crippen LogP contribution is -2.03. The molecule has 3 nitrogen and oxygen atoms in total. The lowest BCUT2D eigenvalue weighted by Gasteiger charge is -2.07. The van der Waals surface area contributed by atoms with Gasteiger partial charge in [0.1, 0.15) is 11.6 Å². The number of rotatable bonds is 3. The van der Waals surface area contributed by atoms with Gasteiger partial charge in [0, 0.05) is 23.3 Å². The second-order valence-corrected chi connectivity index (χ2v) is 4.36. The van der Waals surface area contributed by atoms with Crippen molar-refractivity contribution < 1.29 is 0 Å². The number of anilines is 1. The van der Waals surface area contributed by atoms with Crippen molar-refractivity contribution in [2.45, 2.75) is 20.4 Å². The van der Waals surface area contributed by atoms with Crippen LogP contribution in [0.4, 0.5) is 5.82 Å². The highest BCUT2D eigenvalue weighted by atomic mass is 35.5. The Morgan fingerprint density at radius 2 is 1.82 bits per heavy atom. The van der Waals surface area contributed by atoms with Gasteiger partial charge in [-0.25, -0.2) is 9.97 Å². The molecule has 0 aliphatic heterocycles. The van der Waals surface area contributed by atoms with Gasteiger partial charge in [-0.1, -0.05) is 23.7 Å². The third-order valence-electron chi connectivity index (χ3n) is 2.35. The summed E-state index contributed by atoms with van der Waals surface area (Å²) in [7, 11) is 0. The van der Waals surface area contributed by atoms with E-state index in [-0.39, 0.29) is 0 Å². The second-order valence-electron chi connectivity index (χ2n) is 3.92. The highest BCUT2D eigenvalue weighted by Crippen LogP contribution is 2.11. The van der Waals surface area contributed by atoms with Gasteiger partial charge < -0.3 is 5.32 Å². The maximum absolute atomic E-state index is 5.83. The van der Waals surface area contributed by atoms with Crippen LogP contribution in [0, 0.1) is 13.8 Å². The number of hydrogen-bond donors (Lipinski definition) is 1. The van der Waals surface area contributed by atoms with Crippen molar-refractivity contribution in [3.8, 4) is 0 Å². The number of aromatic nitrogens is 2. The fourth-order valence-electron chi connectivity index (χ4n) is 1.60. The molecule has 0 aliphatic rings. The Morgan fingerprint density at radius 1 is 1.12 bits per heavy atom. The smallest absolute Gasteiger partial charge is 0.130 e. The lowest BCUT2D eigenvalue weighted by atomic mass is 10.2. The number of aryl methyl sites for hydroxylation is 2. The van der Waals surface area contributed by atoms with Crippen molar-refractivity contribution in [1.82, 2.24) is 9.97 Å².